The third-order valence-corrected chi connectivity index (χ3v) is 3.62. The molecular weight excluding hydrogens is 302 g/mol. The van der Waals surface area contributed by atoms with Gasteiger partial charge in [0.1, 0.15) is 5.82 Å². The smallest absolute Gasteiger partial charge is 0.174 e. The van der Waals surface area contributed by atoms with Crippen LogP contribution in [0.2, 0.25) is 0 Å². The van der Waals surface area contributed by atoms with Gasteiger partial charge < -0.3 is 10.1 Å². The van der Waals surface area contributed by atoms with Crippen LogP contribution in [0.5, 0.6) is 0 Å². The van der Waals surface area contributed by atoms with Crippen LogP contribution in [0.25, 0.3) is 5.82 Å². The zero-order valence-electron chi connectivity index (χ0n) is 14.2. The van der Waals surface area contributed by atoms with E-state index in [1.165, 1.54) is 5.56 Å². The minimum Gasteiger partial charge on any atom is -0.380 e. The zero-order valence-corrected chi connectivity index (χ0v) is 14.2. The maximum absolute atomic E-state index is 5.17. The Labute approximate surface area is 141 Å². The number of ether oxygens (including phenoxy) is 1. The van der Waals surface area contributed by atoms with Crippen LogP contribution in [0, 0.1) is 13.8 Å². The summed E-state index contributed by atoms with van der Waals surface area (Å²) in [5.41, 5.74) is 4.32. The quantitative estimate of drug-likeness (QED) is 0.755. The van der Waals surface area contributed by atoms with E-state index in [2.05, 4.69) is 38.6 Å². The van der Waals surface area contributed by atoms with Gasteiger partial charge in [-0.25, -0.2) is 9.67 Å². The molecule has 0 aliphatic rings. The molecule has 0 aliphatic carbocycles. The molecule has 2 heterocycles. The molecule has 6 nitrogen and oxygen atoms in total. The maximum Gasteiger partial charge on any atom is 0.174 e. The summed E-state index contributed by atoms with van der Waals surface area (Å²) in [6.45, 7) is 5.25. The van der Waals surface area contributed by atoms with Crippen LogP contribution in [-0.4, -0.2) is 26.9 Å². The molecule has 0 spiro atoms. The van der Waals surface area contributed by atoms with Crippen molar-refractivity contribution in [1.29, 1.82) is 0 Å². The highest BCUT2D eigenvalue weighted by Gasteiger charge is 2.06. The lowest BCUT2D eigenvalue weighted by molar-refractivity contribution is 0.185. The Balaban J connectivity index is 1.73. The summed E-state index contributed by atoms with van der Waals surface area (Å²) < 4.78 is 6.97. The normalized spacial score (nSPS) is 10.8. The number of hydrogen-bond acceptors (Lipinski definition) is 5. The Bertz CT molecular complexity index is 828. The number of hydrogen-bond donors (Lipinski definition) is 1. The van der Waals surface area contributed by atoms with Crippen molar-refractivity contribution < 1.29 is 4.74 Å². The third-order valence-electron chi connectivity index (χ3n) is 3.62. The average Bonchev–Trinajstić information content (AvgIpc) is 2.92. The Morgan fingerprint density at radius 3 is 2.71 bits per heavy atom. The summed E-state index contributed by atoms with van der Waals surface area (Å²) in [6.07, 6.45) is 3.43. The average molecular weight is 323 g/mol. The molecule has 0 saturated heterocycles. The van der Waals surface area contributed by atoms with Crippen molar-refractivity contribution in [3.05, 3.63) is 65.2 Å². The van der Waals surface area contributed by atoms with Crippen molar-refractivity contribution in [1.82, 2.24) is 19.7 Å². The first-order valence-electron chi connectivity index (χ1n) is 7.82. The number of nitrogens with one attached hydrogen (secondary N) is 1. The van der Waals surface area contributed by atoms with Crippen LogP contribution >= 0.6 is 0 Å². The minimum atomic E-state index is 0.612. The van der Waals surface area contributed by atoms with Gasteiger partial charge in [-0.1, -0.05) is 24.3 Å². The minimum absolute atomic E-state index is 0.612. The molecule has 0 unspecified atom stereocenters. The lowest BCUT2D eigenvalue weighted by Gasteiger charge is -2.09. The summed E-state index contributed by atoms with van der Waals surface area (Å²) in [5.74, 6) is 1.43. The van der Waals surface area contributed by atoms with Crippen molar-refractivity contribution in [2.75, 3.05) is 12.4 Å². The van der Waals surface area contributed by atoms with Gasteiger partial charge in [0, 0.05) is 19.3 Å². The van der Waals surface area contributed by atoms with Crippen LogP contribution in [0.3, 0.4) is 0 Å². The number of aromatic nitrogens is 4. The molecule has 0 aliphatic heterocycles. The summed E-state index contributed by atoms with van der Waals surface area (Å²) in [4.78, 5) is 8.86. The monoisotopic (exact) mass is 323 g/mol. The molecule has 0 fully saturated rings. The Morgan fingerprint density at radius 1 is 1.12 bits per heavy atom. The number of anilines is 1. The van der Waals surface area contributed by atoms with E-state index in [0.29, 0.717) is 19.0 Å². The standard InChI is InChI=1S/C18H21N5O/c1-13-7-14(2)23(22-13)18-11-19-10-17(21-18)20-9-15-5-4-6-16(8-15)12-24-3/h4-8,10-11H,9,12H2,1-3H3,(H,20,21). The second-order valence-electron chi connectivity index (χ2n) is 5.71. The molecule has 0 amide bonds. The predicted molar refractivity (Wildman–Crippen MR) is 93.1 cm³/mol. The van der Waals surface area contributed by atoms with Crippen molar-refractivity contribution in [2.45, 2.75) is 27.0 Å². The highest BCUT2D eigenvalue weighted by atomic mass is 16.5. The van der Waals surface area contributed by atoms with Gasteiger partial charge in [-0.05, 0) is 31.0 Å². The molecule has 0 atom stereocenters. The topological polar surface area (TPSA) is 64.9 Å². The molecule has 1 aromatic carbocycles. The molecule has 24 heavy (non-hydrogen) atoms. The van der Waals surface area contributed by atoms with Gasteiger partial charge in [-0.15, -0.1) is 0 Å². The van der Waals surface area contributed by atoms with Crippen molar-refractivity contribution in [3.63, 3.8) is 0 Å². The second-order valence-corrected chi connectivity index (χ2v) is 5.71. The van der Waals surface area contributed by atoms with Crippen molar-refractivity contribution in [3.8, 4) is 5.82 Å². The van der Waals surface area contributed by atoms with Gasteiger partial charge in [0.2, 0.25) is 0 Å². The Morgan fingerprint density at radius 2 is 1.96 bits per heavy atom. The number of benzene rings is 1. The third kappa shape index (κ3) is 3.78. The van der Waals surface area contributed by atoms with Gasteiger partial charge in [-0.2, -0.15) is 5.10 Å². The van der Waals surface area contributed by atoms with E-state index in [1.54, 1.807) is 24.2 Å². The van der Waals surface area contributed by atoms with Gasteiger partial charge >= 0.3 is 0 Å². The van der Waals surface area contributed by atoms with Crippen LogP contribution in [0.4, 0.5) is 5.82 Å². The van der Waals surface area contributed by atoms with Crippen LogP contribution < -0.4 is 5.32 Å². The first-order chi connectivity index (χ1) is 11.7. The molecule has 0 saturated carbocycles. The number of methoxy groups -OCH3 is 1. The molecule has 0 radical (unpaired) electrons. The van der Waals surface area contributed by atoms with Gasteiger partial charge in [0.25, 0.3) is 0 Å². The van der Waals surface area contributed by atoms with Crippen molar-refractivity contribution >= 4 is 5.82 Å². The first kappa shape index (κ1) is 16.1. The summed E-state index contributed by atoms with van der Waals surface area (Å²) in [6, 6.07) is 10.3. The molecule has 0 bridgehead atoms. The largest absolute Gasteiger partial charge is 0.380 e. The van der Waals surface area contributed by atoms with E-state index >= 15 is 0 Å². The summed E-state index contributed by atoms with van der Waals surface area (Å²) >= 11 is 0. The number of nitrogens with zero attached hydrogens (tertiary/aromatic N) is 4. The van der Waals surface area contributed by atoms with E-state index in [1.807, 2.05) is 26.0 Å². The fourth-order valence-electron chi connectivity index (χ4n) is 2.59. The van der Waals surface area contributed by atoms with Crippen LogP contribution in [-0.2, 0) is 17.9 Å². The summed E-state index contributed by atoms with van der Waals surface area (Å²) in [5, 5.41) is 7.76. The molecular formula is C18H21N5O. The van der Waals surface area contributed by atoms with Crippen molar-refractivity contribution in [2.24, 2.45) is 0 Å². The lowest BCUT2D eigenvalue weighted by Crippen LogP contribution is -2.07. The van der Waals surface area contributed by atoms with Gasteiger partial charge in [0.05, 0.1) is 24.7 Å². The van der Waals surface area contributed by atoms with E-state index in [9.17, 15) is 0 Å². The fraction of sp³-hybridized carbons (Fsp3) is 0.278. The van der Waals surface area contributed by atoms with E-state index < -0.39 is 0 Å². The SMILES string of the molecule is COCc1cccc(CNc2cncc(-n3nc(C)cc3C)n2)c1. The van der Waals surface area contributed by atoms with Crippen LogP contribution in [0.15, 0.2) is 42.7 Å². The lowest BCUT2D eigenvalue weighted by atomic mass is 10.1. The first-order valence-corrected chi connectivity index (χ1v) is 7.82. The highest BCUT2D eigenvalue weighted by Crippen LogP contribution is 2.13. The molecule has 2 aromatic heterocycles. The fourth-order valence-corrected chi connectivity index (χ4v) is 2.59. The Hall–Kier alpha value is -2.73. The second kappa shape index (κ2) is 7.23. The predicted octanol–water partition coefficient (Wildman–Crippen LogP) is 3.04. The molecule has 6 heteroatoms. The van der Waals surface area contributed by atoms with Gasteiger partial charge in [-0.3, -0.25) is 4.98 Å². The number of aryl methyl sites for hydroxylation is 2. The molecule has 1 N–H and O–H groups in total. The molecule has 3 rings (SSSR count). The van der Waals surface area contributed by atoms with E-state index in [-0.39, 0.29) is 0 Å². The van der Waals surface area contributed by atoms with Crippen LogP contribution in [0.1, 0.15) is 22.5 Å². The highest BCUT2D eigenvalue weighted by molar-refractivity contribution is 5.38. The molecule has 3 aromatic rings. The van der Waals surface area contributed by atoms with E-state index in [4.69, 9.17) is 4.74 Å². The van der Waals surface area contributed by atoms with E-state index in [0.717, 1.165) is 22.8 Å². The molecule has 124 valence electrons. The Kier molecular flexibility index (Phi) is 4.86. The van der Waals surface area contributed by atoms with Gasteiger partial charge in [0.15, 0.2) is 5.82 Å². The summed E-state index contributed by atoms with van der Waals surface area (Å²) in [7, 11) is 1.70. The zero-order chi connectivity index (χ0) is 16.9. The number of rotatable bonds is 6. The maximum atomic E-state index is 5.17.